The van der Waals surface area contributed by atoms with Crippen LogP contribution in [0.15, 0.2) is 89.4 Å². The van der Waals surface area contributed by atoms with Crippen LogP contribution in [0.25, 0.3) is 5.69 Å². The average Bonchev–Trinajstić information content (AvgIpc) is 3.24. The number of carbonyl (C=O) groups is 2. The van der Waals surface area contributed by atoms with Gasteiger partial charge in [0.05, 0.1) is 37.4 Å². The largest absolute Gasteiger partial charge is 0.466 e. The maximum atomic E-state index is 13.2. The van der Waals surface area contributed by atoms with Gasteiger partial charge in [-0.3, -0.25) is 4.90 Å². The molecule has 2 N–H and O–H groups in total. The number of carbonyl (C=O) groups excluding carboxylic acids is 2. The fraction of sp³-hybridized carbons (Fsp3) is 0.179. The molecule has 1 aromatic heterocycles. The predicted octanol–water partition coefficient (Wildman–Crippen LogP) is 3.99. The van der Waals surface area contributed by atoms with Gasteiger partial charge in [0.1, 0.15) is 11.5 Å². The highest BCUT2D eigenvalue weighted by Crippen LogP contribution is 2.43. The van der Waals surface area contributed by atoms with E-state index in [0.29, 0.717) is 11.3 Å². The Morgan fingerprint density at radius 1 is 0.889 bits per heavy atom. The Morgan fingerprint density at radius 3 is 2.08 bits per heavy atom. The van der Waals surface area contributed by atoms with E-state index in [1.54, 1.807) is 30.3 Å². The molecule has 2 heterocycles. The van der Waals surface area contributed by atoms with Crippen LogP contribution in [-0.2, 0) is 19.1 Å². The van der Waals surface area contributed by atoms with Crippen LogP contribution in [0.5, 0.6) is 0 Å². The maximum Gasteiger partial charge on any atom is 0.355 e. The molecular formula is C28H26N4O4. The number of rotatable bonds is 5. The van der Waals surface area contributed by atoms with Crippen LogP contribution < -0.4 is 10.6 Å². The van der Waals surface area contributed by atoms with E-state index >= 15 is 0 Å². The SMILES string of the molecule is COC(=O)C1=C(C(=O)OC)N(c2cccc(-n3c(C)ccc3C)c2)C(N)=C(C#N)C1c1ccccc1. The summed E-state index contributed by atoms with van der Waals surface area (Å²) in [6.07, 6.45) is 0. The van der Waals surface area contributed by atoms with Crippen molar-refractivity contribution in [2.75, 3.05) is 19.1 Å². The van der Waals surface area contributed by atoms with Crippen LogP contribution in [0, 0.1) is 25.2 Å². The van der Waals surface area contributed by atoms with E-state index in [4.69, 9.17) is 15.2 Å². The van der Waals surface area contributed by atoms with Crippen LogP contribution in [0.4, 0.5) is 5.69 Å². The van der Waals surface area contributed by atoms with Gasteiger partial charge in [0, 0.05) is 22.8 Å². The van der Waals surface area contributed by atoms with Crippen molar-refractivity contribution in [2.45, 2.75) is 19.8 Å². The Balaban J connectivity index is 2.03. The van der Waals surface area contributed by atoms with E-state index in [2.05, 4.69) is 6.07 Å². The van der Waals surface area contributed by atoms with Gasteiger partial charge >= 0.3 is 11.9 Å². The summed E-state index contributed by atoms with van der Waals surface area (Å²) in [4.78, 5) is 27.8. The molecule has 0 aliphatic carbocycles. The lowest BCUT2D eigenvalue weighted by atomic mass is 9.81. The third-order valence-corrected chi connectivity index (χ3v) is 6.23. The maximum absolute atomic E-state index is 13.2. The molecule has 8 heteroatoms. The summed E-state index contributed by atoms with van der Waals surface area (Å²) in [5.41, 5.74) is 10.5. The summed E-state index contributed by atoms with van der Waals surface area (Å²) in [5.74, 6) is -2.43. The normalized spacial score (nSPS) is 15.5. The molecule has 8 nitrogen and oxygen atoms in total. The highest BCUT2D eigenvalue weighted by molar-refractivity contribution is 6.06. The quantitative estimate of drug-likeness (QED) is 0.548. The number of esters is 2. The summed E-state index contributed by atoms with van der Waals surface area (Å²) in [6.45, 7) is 3.98. The number of methoxy groups -OCH3 is 2. The number of allylic oxidation sites excluding steroid dienone is 1. The second-order valence-corrected chi connectivity index (χ2v) is 8.31. The molecule has 0 amide bonds. The molecule has 0 spiro atoms. The van der Waals surface area contributed by atoms with Gasteiger partial charge in [0.2, 0.25) is 0 Å². The van der Waals surface area contributed by atoms with Crippen LogP contribution in [0.1, 0.15) is 22.9 Å². The minimum Gasteiger partial charge on any atom is -0.466 e. The van der Waals surface area contributed by atoms with Crippen molar-refractivity contribution in [3.05, 3.63) is 106 Å². The number of aryl methyl sites for hydroxylation is 2. The summed E-state index contributed by atoms with van der Waals surface area (Å²) in [6, 6.07) is 22.4. The molecule has 3 aromatic rings. The molecule has 1 aliphatic rings. The molecular weight excluding hydrogens is 456 g/mol. The zero-order chi connectivity index (χ0) is 26.0. The lowest BCUT2D eigenvalue weighted by molar-refractivity contribution is -0.139. The van der Waals surface area contributed by atoms with Crippen LogP contribution in [0.3, 0.4) is 0 Å². The van der Waals surface area contributed by atoms with Crippen LogP contribution in [-0.4, -0.2) is 30.7 Å². The second kappa shape index (κ2) is 9.84. The van der Waals surface area contributed by atoms with Gasteiger partial charge in [-0.2, -0.15) is 5.26 Å². The van der Waals surface area contributed by atoms with Crippen molar-refractivity contribution < 1.29 is 19.1 Å². The number of nitrogens with zero attached hydrogens (tertiary/aromatic N) is 3. The summed E-state index contributed by atoms with van der Waals surface area (Å²) >= 11 is 0. The molecule has 4 rings (SSSR count). The minimum atomic E-state index is -0.911. The Bertz CT molecular complexity index is 1420. The van der Waals surface area contributed by atoms with Gasteiger partial charge in [-0.1, -0.05) is 36.4 Å². The van der Waals surface area contributed by atoms with Crippen molar-refractivity contribution in [3.8, 4) is 11.8 Å². The van der Waals surface area contributed by atoms with Gasteiger partial charge in [-0.25, -0.2) is 9.59 Å². The molecule has 1 unspecified atom stereocenters. The van der Waals surface area contributed by atoms with E-state index in [1.807, 2.05) is 54.8 Å². The van der Waals surface area contributed by atoms with Gasteiger partial charge in [-0.15, -0.1) is 0 Å². The number of nitriles is 1. The number of benzene rings is 2. The highest BCUT2D eigenvalue weighted by atomic mass is 16.5. The van der Waals surface area contributed by atoms with Gasteiger partial charge in [0.15, 0.2) is 0 Å². The standard InChI is InChI=1S/C28H26N4O4/c1-17-13-14-18(2)31(17)20-11-8-12-21(15-20)32-25(28(34)36-4)24(27(33)35-3)23(22(16-29)26(32)30)19-9-6-5-7-10-19/h5-15,23H,30H2,1-4H3. The molecule has 2 aromatic carbocycles. The van der Waals surface area contributed by atoms with Crippen molar-refractivity contribution in [1.82, 2.24) is 4.57 Å². The van der Waals surface area contributed by atoms with Crippen molar-refractivity contribution in [2.24, 2.45) is 5.73 Å². The predicted molar refractivity (Wildman–Crippen MR) is 135 cm³/mol. The Kier molecular flexibility index (Phi) is 6.66. The Labute approximate surface area is 209 Å². The van der Waals surface area contributed by atoms with Crippen molar-refractivity contribution in [1.29, 1.82) is 5.26 Å². The first-order valence-corrected chi connectivity index (χ1v) is 11.2. The first-order chi connectivity index (χ1) is 17.3. The van der Waals surface area contributed by atoms with Gasteiger partial charge in [-0.05, 0) is 49.7 Å². The summed E-state index contributed by atoms with van der Waals surface area (Å²) in [7, 11) is 2.45. The average molecular weight is 483 g/mol. The van der Waals surface area contributed by atoms with E-state index in [1.165, 1.54) is 19.1 Å². The zero-order valence-corrected chi connectivity index (χ0v) is 20.5. The molecule has 36 heavy (non-hydrogen) atoms. The molecule has 0 saturated heterocycles. The molecule has 1 aliphatic heterocycles. The van der Waals surface area contributed by atoms with E-state index in [-0.39, 0.29) is 22.7 Å². The van der Waals surface area contributed by atoms with Gasteiger partial charge < -0.3 is 19.8 Å². The fourth-order valence-corrected chi connectivity index (χ4v) is 4.63. The molecule has 182 valence electrons. The monoisotopic (exact) mass is 482 g/mol. The second-order valence-electron chi connectivity index (χ2n) is 8.31. The Morgan fingerprint density at radius 2 is 1.50 bits per heavy atom. The van der Waals surface area contributed by atoms with E-state index < -0.39 is 17.9 Å². The number of ether oxygens (including phenoxy) is 2. The third-order valence-electron chi connectivity index (χ3n) is 6.23. The number of hydrogen-bond acceptors (Lipinski definition) is 7. The van der Waals surface area contributed by atoms with Crippen LogP contribution in [0.2, 0.25) is 0 Å². The molecule has 0 bridgehead atoms. The summed E-state index contributed by atoms with van der Waals surface area (Å²) < 4.78 is 12.2. The smallest absolute Gasteiger partial charge is 0.355 e. The van der Waals surface area contributed by atoms with Crippen molar-refractivity contribution >= 4 is 17.6 Å². The number of hydrogen-bond donors (Lipinski definition) is 1. The van der Waals surface area contributed by atoms with Gasteiger partial charge in [0.25, 0.3) is 0 Å². The topological polar surface area (TPSA) is 111 Å². The Hall–Kier alpha value is -4.77. The first kappa shape index (κ1) is 24.4. The molecule has 0 saturated carbocycles. The third kappa shape index (κ3) is 4.01. The molecule has 1 atom stereocenters. The number of nitrogens with two attached hydrogens (primary N) is 1. The lowest BCUT2D eigenvalue weighted by Crippen LogP contribution is -2.40. The molecule has 0 fully saturated rings. The minimum absolute atomic E-state index is 0.0255. The lowest BCUT2D eigenvalue weighted by Gasteiger charge is -2.36. The zero-order valence-electron chi connectivity index (χ0n) is 20.5. The number of aromatic nitrogens is 1. The van der Waals surface area contributed by atoms with E-state index in [0.717, 1.165) is 17.1 Å². The fourth-order valence-electron chi connectivity index (χ4n) is 4.63. The van der Waals surface area contributed by atoms with Crippen LogP contribution >= 0.6 is 0 Å². The summed E-state index contributed by atoms with van der Waals surface area (Å²) in [5, 5.41) is 10.2. The first-order valence-electron chi connectivity index (χ1n) is 11.2. The van der Waals surface area contributed by atoms with Crippen molar-refractivity contribution in [3.63, 3.8) is 0 Å². The number of anilines is 1. The highest BCUT2D eigenvalue weighted by Gasteiger charge is 2.43. The molecule has 0 radical (unpaired) electrons. The van der Waals surface area contributed by atoms with E-state index in [9.17, 15) is 14.9 Å².